The van der Waals surface area contributed by atoms with Gasteiger partial charge in [-0.3, -0.25) is 14.5 Å². The average molecular weight is 647 g/mol. The van der Waals surface area contributed by atoms with Crippen LogP contribution in [0.25, 0.3) is 5.52 Å². The summed E-state index contributed by atoms with van der Waals surface area (Å²) < 4.78 is 12.8. The predicted molar refractivity (Wildman–Crippen MR) is 185 cm³/mol. The summed E-state index contributed by atoms with van der Waals surface area (Å²) in [6.07, 6.45) is 4.34. The molecule has 248 valence electrons. The van der Waals surface area contributed by atoms with Crippen LogP contribution in [0.2, 0.25) is 0 Å². The van der Waals surface area contributed by atoms with Crippen LogP contribution in [0.15, 0.2) is 91.4 Å². The molecular formula is C38H42N6O4. The molecule has 1 aliphatic rings. The van der Waals surface area contributed by atoms with Gasteiger partial charge in [0, 0.05) is 44.0 Å². The van der Waals surface area contributed by atoms with Crippen LogP contribution in [-0.4, -0.2) is 51.6 Å². The topological polar surface area (TPSA) is 110 Å². The van der Waals surface area contributed by atoms with Crippen LogP contribution in [0.5, 0.6) is 5.75 Å². The minimum Gasteiger partial charge on any atom is -0.497 e. The van der Waals surface area contributed by atoms with E-state index >= 15 is 0 Å². The number of amides is 1. The van der Waals surface area contributed by atoms with Gasteiger partial charge in [-0.15, -0.1) is 0 Å². The molecule has 10 nitrogen and oxygen atoms in total. The summed E-state index contributed by atoms with van der Waals surface area (Å²) in [5, 5.41) is 11.0. The van der Waals surface area contributed by atoms with Gasteiger partial charge < -0.3 is 20.1 Å². The Morgan fingerprint density at radius 3 is 2.62 bits per heavy atom. The number of anilines is 2. The Kier molecular flexibility index (Phi) is 10.3. The summed E-state index contributed by atoms with van der Waals surface area (Å²) in [6.45, 7) is 6.66. The van der Waals surface area contributed by atoms with Gasteiger partial charge in [-0.1, -0.05) is 54.6 Å². The molecule has 1 saturated heterocycles. The van der Waals surface area contributed by atoms with Gasteiger partial charge in [0.1, 0.15) is 24.2 Å². The molecule has 48 heavy (non-hydrogen) atoms. The first-order chi connectivity index (χ1) is 23.4. The maximum atomic E-state index is 13.8. The van der Waals surface area contributed by atoms with Crippen LogP contribution < -0.4 is 15.4 Å². The Hall–Kier alpha value is -5.22. The first-order valence-corrected chi connectivity index (χ1v) is 16.3. The molecule has 3 aromatic carbocycles. The smallest absolute Gasteiger partial charge is 0.306 e. The van der Waals surface area contributed by atoms with E-state index < -0.39 is 0 Å². The molecule has 0 aliphatic carbocycles. The number of nitrogens with zero attached hydrogens (tertiary/aromatic N) is 4. The highest BCUT2D eigenvalue weighted by molar-refractivity contribution is 5.81. The first kappa shape index (κ1) is 32.7. The lowest BCUT2D eigenvalue weighted by Gasteiger charge is -2.37. The molecule has 0 radical (unpaired) electrons. The monoisotopic (exact) mass is 646 g/mol. The molecule has 1 amide bonds. The molecule has 0 unspecified atom stereocenters. The number of hydrogen-bond acceptors (Lipinski definition) is 8. The molecule has 10 heteroatoms. The van der Waals surface area contributed by atoms with E-state index in [0.29, 0.717) is 31.9 Å². The van der Waals surface area contributed by atoms with Crippen molar-refractivity contribution in [3.05, 3.63) is 119 Å². The number of carbonyl (C=O) groups is 2. The minimum atomic E-state index is -0.380. The second-order valence-corrected chi connectivity index (χ2v) is 12.5. The second kappa shape index (κ2) is 15.1. The summed E-state index contributed by atoms with van der Waals surface area (Å²) >= 11 is 0. The van der Waals surface area contributed by atoms with E-state index in [1.165, 1.54) is 17.5 Å². The number of nitrogens with one attached hydrogen (secondary N) is 2. The molecule has 0 saturated carbocycles. The lowest BCUT2D eigenvalue weighted by atomic mass is 9.82. The average Bonchev–Trinajstić information content (AvgIpc) is 3.52. The number of ether oxygens (including phenoxy) is 2. The van der Waals surface area contributed by atoms with Crippen molar-refractivity contribution in [2.45, 2.75) is 46.4 Å². The molecule has 3 heterocycles. The lowest BCUT2D eigenvalue weighted by molar-refractivity contribution is -0.147. The zero-order valence-electron chi connectivity index (χ0n) is 27.7. The number of methoxy groups -OCH3 is 1. The number of hydrogen-bond donors (Lipinski definition) is 2. The van der Waals surface area contributed by atoms with Gasteiger partial charge in [-0.05, 0) is 78.7 Å². The van der Waals surface area contributed by atoms with E-state index in [1.807, 2.05) is 77.4 Å². The molecule has 2 aromatic heterocycles. The Morgan fingerprint density at radius 1 is 0.958 bits per heavy atom. The fourth-order valence-corrected chi connectivity index (χ4v) is 6.31. The number of likely N-dealkylation sites (tertiary alicyclic amines) is 1. The predicted octanol–water partition coefficient (Wildman–Crippen LogP) is 5.99. The van der Waals surface area contributed by atoms with E-state index in [9.17, 15) is 9.59 Å². The number of fused-ring (bicyclic) bond motifs is 1. The molecule has 5 aromatic rings. The van der Waals surface area contributed by atoms with Gasteiger partial charge >= 0.3 is 5.97 Å². The number of rotatable bonds is 12. The first-order valence-electron chi connectivity index (χ1n) is 16.3. The Bertz CT molecular complexity index is 1870. The van der Waals surface area contributed by atoms with Crippen LogP contribution in [0.4, 0.5) is 11.5 Å². The van der Waals surface area contributed by atoms with Crippen molar-refractivity contribution in [2.75, 3.05) is 25.5 Å². The zero-order chi connectivity index (χ0) is 33.5. The van der Waals surface area contributed by atoms with Crippen LogP contribution in [0.3, 0.4) is 0 Å². The third-order valence-electron chi connectivity index (χ3n) is 9.15. The minimum absolute atomic E-state index is 0.0516. The van der Waals surface area contributed by atoms with Gasteiger partial charge in [-0.25, -0.2) is 9.50 Å². The van der Waals surface area contributed by atoms with E-state index in [2.05, 4.69) is 51.6 Å². The summed E-state index contributed by atoms with van der Waals surface area (Å²) in [5.41, 5.74) is 7.14. The van der Waals surface area contributed by atoms with Gasteiger partial charge in [-0.2, -0.15) is 5.10 Å². The normalized spacial score (nSPS) is 16.4. The molecule has 2 N–H and O–H groups in total. The van der Waals surface area contributed by atoms with Crippen molar-refractivity contribution in [3.63, 3.8) is 0 Å². The van der Waals surface area contributed by atoms with Gasteiger partial charge in [0.25, 0.3) is 0 Å². The Morgan fingerprint density at radius 2 is 1.81 bits per heavy atom. The quantitative estimate of drug-likeness (QED) is 0.159. The van der Waals surface area contributed by atoms with Crippen LogP contribution >= 0.6 is 0 Å². The number of carbonyl (C=O) groups excluding carboxylic acids is 2. The standard InChI is InChI=1S/C38H42N6O4/c1-26-12-13-29(18-27(26)2)21-39-38(46)34-23-43(16-14-30(34)19-35(45)48-24-28-8-5-4-6-9-28)22-31-15-17-44-36(31)37(40-25-41-44)42-32-10-7-11-33(20-32)47-3/h4-13,15,17-18,20,25,30,34H,14,16,19,21-24H2,1-3H3,(H,39,46)(H,40,41,42)/t30-,34+/m0/s1. The van der Waals surface area contributed by atoms with Crippen molar-refractivity contribution in [1.29, 1.82) is 0 Å². The molecule has 2 atom stereocenters. The maximum Gasteiger partial charge on any atom is 0.306 e. The third-order valence-corrected chi connectivity index (χ3v) is 9.15. The molecule has 0 bridgehead atoms. The SMILES string of the molecule is COc1cccc(Nc2ncnn3ccc(CN4CC[C@@H](CC(=O)OCc5ccccc5)[C@H](C(=O)NCc5ccc(C)c(C)c5)C4)c23)c1. The van der Waals surface area contributed by atoms with E-state index in [4.69, 9.17) is 9.47 Å². The number of aromatic nitrogens is 3. The van der Waals surface area contributed by atoms with E-state index in [0.717, 1.165) is 40.2 Å². The highest BCUT2D eigenvalue weighted by Crippen LogP contribution is 2.31. The highest BCUT2D eigenvalue weighted by atomic mass is 16.5. The van der Waals surface area contributed by atoms with Crippen molar-refractivity contribution in [1.82, 2.24) is 24.8 Å². The van der Waals surface area contributed by atoms with E-state index in [1.54, 1.807) is 7.11 Å². The van der Waals surface area contributed by atoms with Crippen molar-refractivity contribution >= 4 is 28.9 Å². The molecule has 6 rings (SSSR count). The third kappa shape index (κ3) is 8.01. The van der Waals surface area contributed by atoms with Crippen LogP contribution in [0.1, 0.15) is 40.7 Å². The summed E-state index contributed by atoms with van der Waals surface area (Å²) in [5.74, 6) is 0.571. The van der Waals surface area contributed by atoms with Crippen LogP contribution in [-0.2, 0) is 34.0 Å². The number of piperidine rings is 1. The zero-order valence-corrected chi connectivity index (χ0v) is 27.7. The fourth-order valence-electron chi connectivity index (χ4n) is 6.31. The molecule has 1 fully saturated rings. The number of aryl methyl sites for hydroxylation is 2. The molecule has 0 spiro atoms. The van der Waals surface area contributed by atoms with Crippen molar-refractivity contribution in [2.24, 2.45) is 11.8 Å². The highest BCUT2D eigenvalue weighted by Gasteiger charge is 2.36. The summed E-state index contributed by atoms with van der Waals surface area (Å²) in [7, 11) is 1.64. The van der Waals surface area contributed by atoms with Crippen LogP contribution in [0, 0.1) is 25.7 Å². The number of benzene rings is 3. The van der Waals surface area contributed by atoms with E-state index in [-0.39, 0.29) is 36.7 Å². The van der Waals surface area contributed by atoms with Crippen molar-refractivity contribution < 1.29 is 19.1 Å². The Balaban J connectivity index is 1.17. The Labute approximate surface area is 281 Å². The number of esters is 1. The second-order valence-electron chi connectivity index (χ2n) is 12.5. The summed E-state index contributed by atoms with van der Waals surface area (Å²) in [4.78, 5) is 33.7. The van der Waals surface area contributed by atoms with Gasteiger partial charge in [0.15, 0.2) is 5.82 Å². The summed E-state index contributed by atoms with van der Waals surface area (Å²) in [6, 6.07) is 25.6. The lowest BCUT2D eigenvalue weighted by Crippen LogP contribution is -2.47. The van der Waals surface area contributed by atoms with Gasteiger partial charge in [0.05, 0.1) is 13.0 Å². The maximum absolute atomic E-state index is 13.8. The van der Waals surface area contributed by atoms with Crippen molar-refractivity contribution in [3.8, 4) is 5.75 Å². The largest absolute Gasteiger partial charge is 0.497 e. The fraction of sp³-hybridized carbons (Fsp3) is 0.316. The molecule has 1 aliphatic heterocycles. The van der Waals surface area contributed by atoms with Gasteiger partial charge in [0.2, 0.25) is 5.91 Å². The molecular weight excluding hydrogens is 604 g/mol.